The lowest BCUT2D eigenvalue weighted by atomic mass is 10.1. The van der Waals surface area contributed by atoms with E-state index in [9.17, 15) is 4.39 Å². The van der Waals surface area contributed by atoms with Crippen LogP contribution in [0.1, 0.15) is 5.69 Å². The fraction of sp³-hybridized carbons (Fsp3) is 0.0476. The Kier molecular flexibility index (Phi) is 4.21. The van der Waals surface area contributed by atoms with E-state index in [1.54, 1.807) is 43.1 Å². The molecule has 0 spiro atoms. The molecule has 0 aliphatic rings. The smallest absolute Gasteiger partial charge is 0.306 e. The van der Waals surface area contributed by atoms with E-state index in [2.05, 4.69) is 25.3 Å². The second kappa shape index (κ2) is 7.16. The largest absolute Gasteiger partial charge is 0.432 e. The van der Waals surface area contributed by atoms with Crippen molar-refractivity contribution in [1.82, 2.24) is 24.3 Å². The molecular weight excluding hydrogens is 371 g/mol. The number of pyridine rings is 1. The molecule has 142 valence electrons. The highest BCUT2D eigenvalue weighted by molar-refractivity contribution is 5.79. The van der Waals surface area contributed by atoms with Gasteiger partial charge >= 0.3 is 5.84 Å². The fourth-order valence-corrected chi connectivity index (χ4v) is 3.09. The number of halogens is 1. The Morgan fingerprint density at radius 1 is 0.966 bits per heavy atom. The number of rotatable bonds is 5. The lowest BCUT2D eigenvalue weighted by molar-refractivity contribution is 0.596. The molecular formula is C21H15FN6O. The van der Waals surface area contributed by atoms with Crippen molar-refractivity contribution in [2.45, 2.75) is 6.54 Å². The summed E-state index contributed by atoms with van der Waals surface area (Å²) in [5, 5.41) is 3.18. The minimum absolute atomic E-state index is 0.304. The van der Waals surface area contributed by atoms with Crippen LogP contribution in [0.5, 0.6) is 0 Å². The molecule has 0 aliphatic carbocycles. The Balaban J connectivity index is 1.54. The zero-order valence-corrected chi connectivity index (χ0v) is 15.2. The highest BCUT2D eigenvalue weighted by Gasteiger charge is 2.19. The van der Waals surface area contributed by atoms with Gasteiger partial charge in [0.05, 0.1) is 17.9 Å². The first-order valence-corrected chi connectivity index (χ1v) is 8.96. The van der Waals surface area contributed by atoms with Crippen LogP contribution in [0, 0.1) is 5.82 Å². The molecule has 1 N–H and O–H groups in total. The van der Waals surface area contributed by atoms with Crippen molar-refractivity contribution in [3.8, 4) is 22.6 Å². The molecule has 5 aromatic rings. The van der Waals surface area contributed by atoms with Gasteiger partial charge in [-0.25, -0.2) is 14.4 Å². The van der Waals surface area contributed by atoms with Crippen LogP contribution in [0.2, 0.25) is 0 Å². The molecule has 8 heteroatoms. The number of benzene rings is 1. The Labute approximate surface area is 164 Å². The number of imidazole rings is 1. The van der Waals surface area contributed by atoms with Crippen LogP contribution < -0.4 is 5.32 Å². The Morgan fingerprint density at radius 3 is 2.69 bits per heavy atom. The van der Waals surface area contributed by atoms with Crippen LogP contribution in [0.15, 0.2) is 77.8 Å². The van der Waals surface area contributed by atoms with Gasteiger partial charge in [-0.3, -0.25) is 9.38 Å². The molecule has 0 aliphatic heterocycles. The summed E-state index contributed by atoms with van der Waals surface area (Å²) >= 11 is 0. The van der Waals surface area contributed by atoms with Gasteiger partial charge in [-0.1, -0.05) is 6.07 Å². The molecule has 0 fully saturated rings. The quantitative estimate of drug-likeness (QED) is 0.488. The maximum Gasteiger partial charge on any atom is 0.306 e. The first-order valence-electron chi connectivity index (χ1n) is 8.96. The van der Waals surface area contributed by atoms with E-state index >= 15 is 0 Å². The van der Waals surface area contributed by atoms with Crippen LogP contribution in [0.25, 0.3) is 28.5 Å². The van der Waals surface area contributed by atoms with Crippen molar-refractivity contribution in [2.24, 2.45) is 0 Å². The van der Waals surface area contributed by atoms with Crippen LogP contribution in [0.4, 0.5) is 10.3 Å². The number of hydrogen-bond acceptors (Lipinski definition) is 6. The number of fused-ring (bicyclic) bond motifs is 1. The SMILES string of the molecule is Fc1ccc(-c2nc3occn3c2-c2ccnc(NCc3ccccn3)n2)cc1. The normalized spacial score (nSPS) is 11.1. The summed E-state index contributed by atoms with van der Waals surface area (Å²) in [6.07, 6.45) is 6.75. The van der Waals surface area contributed by atoms with E-state index in [1.807, 2.05) is 22.6 Å². The predicted octanol–water partition coefficient (Wildman–Crippen LogP) is 4.20. The van der Waals surface area contributed by atoms with Crippen molar-refractivity contribution < 1.29 is 8.81 Å². The van der Waals surface area contributed by atoms with E-state index in [-0.39, 0.29) is 5.82 Å². The number of hydrogen-bond donors (Lipinski definition) is 1. The van der Waals surface area contributed by atoms with Gasteiger partial charge < -0.3 is 9.73 Å². The van der Waals surface area contributed by atoms with Gasteiger partial charge in [-0.2, -0.15) is 4.98 Å². The molecule has 0 saturated heterocycles. The molecule has 0 amide bonds. The van der Waals surface area contributed by atoms with Crippen LogP contribution in [-0.2, 0) is 6.54 Å². The third kappa shape index (κ3) is 3.31. The highest BCUT2D eigenvalue weighted by Crippen LogP contribution is 2.32. The topological polar surface area (TPSA) is 81.1 Å². The number of anilines is 1. The standard InChI is InChI=1S/C21H15FN6O/c22-15-6-4-14(5-7-15)18-19(28-11-12-29-21(28)27-18)17-8-10-24-20(26-17)25-13-16-3-1-2-9-23-16/h1-12H,13H2,(H,24,25,26). The second-order valence-electron chi connectivity index (χ2n) is 6.31. The van der Waals surface area contributed by atoms with Crippen molar-refractivity contribution in [3.05, 3.63) is 84.9 Å². The minimum Gasteiger partial charge on any atom is -0.432 e. The molecule has 1 aromatic carbocycles. The average molecular weight is 386 g/mol. The third-order valence-electron chi connectivity index (χ3n) is 4.43. The molecule has 4 aromatic heterocycles. The molecule has 0 bridgehead atoms. The monoisotopic (exact) mass is 386 g/mol. The van der Waals surface area contributed by atoms with Gasteiger partial charge in [-0.05, 0) is 42.5 Å². The maximum atomic E-state index is 13.4. The van der Waals surface area contributed by atoms with Gasteiger partial charge in [0.25, 0.3) is 0 Å². The lowest BCUT2D eigenvalue weighted by Gasteiger charge is -2.07. The zero-order valence-electron chi connectivity index (χ0n) is 15.2. The van der Waals surface area contributed by atoms with E-state index in [0.717, 1.165) is 17.0 Å². The van der Waals surface area contributed by atoms with E-state index < -0.39 is 0 Å². The van der Waals surface area contributed by atoms with Crippen molar-refractivity contribution in [2.75, 3.05) is 5.32 Å². The summed E-state index contributed by atoms with van der Waals surface area (Å²) < 4.78 is 20.6. The van der Waals surface area contributed by atoms with Gasteiger partial charge in [0.15, 0.2) is 0 Å². The highest BCUT2D eigenvalue weighted by atomic mass is 19.1. The summed E-state index contributed by atoms with van der Waals surface area (Å²) in [4.78, 5) is 17.8. The Morgan fingerprint density at radius 2 is 1.86 bits per heavy atom. The molecule has 5 rings (SSSR count). The first kappa shape index (κ1) is 17.1. The summed E-state index contributed by atoms with van der Waals surface area (Å²) in [7, 11) is 0. The van der Waals surface area contributed by atoms with Crippen LogP contribution in [-0.4, -0.2) is 24.3 Å². The minimum atomic E-state index is -0.304. The van der Waals surface area contributed by atoms with Crippen molar-refractivity contribution in [1.29, 1.82) is 0 Å². The molecule has 0 radical (unpaired) electrons. The molecule has 7 nitrogen and oxygen atoms in total. The van der Waals surface area contributed by atoms with Gasteiger partial charge in [0, 0.05) is 24.2 Å². The Hall–Kier alpha value is -4.07. The Bertz CT molecular complexity index is 1260. The predicted molar refractivity (Wildman–Crippen MR) is 105 cm³/mol. The molecule has 0 atom stereocenters. The van der Waals surface area contributed by atoms with Gasteiger partial charge in [0.2, 0.25) is 5.95 Å². The summed E-state index contributed by atoms with van der Waals surface area (Å²) in [6.45, 7) is 0.503. The first-order chi connectivity index (χ1) is 14.3. The summed E-state index contributed by atoms with van der Waals surface area (Å²) in [6, 6.07) is 13.7. The van der Waals surface area contributed by atoms with Crippen LogP contribution in [0.3, 0.4) is 0 Å². The number of nitrogens with one attached hydrogen (secondary N) is 1. The van der Waals surface area contributed by atoms with E-state index in [1.165, 1.54) is 12.1 Å². The lowest BCUT2D eigenvalue weighted by Crippen LogP contribution is -2.05. The number of oxazole rings is 1. The summed E-state index contributed by atoms with van der Waals surface area (Å²) in [5.74, 6) is 0.596. The second-order valence-corrected chi connectivity index (χ2v) is 6.31. The van der Waals surface area contributed by atoms with Gasteiger partial charge in [0.1, 0.15) is 23.5 Å². The fourth-order valence-electron chi connectivity index (χ4n) is 3.09. The van der Waals surface area contributed by atoms with Crippen LogP contribution >= 0.6 is 0 Å². The van der Waals surface area contributed by atoms with E-state index in [0.29, 0.717) is 29.7 Å². The molecule has 4 heterocycles. The van der Waals surface area contributed by atoms with Crippen molar-refractivity contribution >= 4 is 11.8 Å². The average Bonchev–Trinajstić information content (AvgIpc) is 3.35. The molecule has 29 heavy (non-hydrogen) atoms. The molecule has 0 saturated carbocycles. The number of nitrogens with zero attached hydrogens (tertiary/aromatic N) is 5. The number of aromatic nitrogens is 5. The summed E-state index contributed by atoms with van der Waals surface area (Å²) in [5.41, 5.74) is 3.70. The van der Waals surface area contributed by atoms with Crippen molar-refractivity contribution in [3.63, 3.8) is 0 Å². The maximum absolute atomic E-state index is 13.4. The molecule has 0 unspecified atom stereocenters. The van der Waals surface area contributed by atoms with E-state index in [4.69, 9.17) is 4.42 Å². The zero-order chi connectivity index (χ0) is 19.6. The van der Waals surface area contributed by atoms with Gasteiger partial charge in [-0.15, -0.1) is 0 Å². The third-order valence-corrected chi connectivity index (χ3v) is 4.43.